The highest BCUT2D eigenvalue weighted by atomic mass is 16.5. The summed E-state index contributed by atoms with van der Waals surface area (Å²) in [7, 11) is 0. The molecule has 1 aromatic rings. The standard InChI is InChI=1S/C13H21N3O2/c1-8(2)17-5-6-18-11-7-9(3)16-10(4)12(11)13(14)15/h7-8H,5-6H2,1-4H3,(H3,14,15). The number of hydrogen-bond acceptors (Lipinski definition) is 4. The third kappa shape index (κ3) is 4.00. The third-order valence-corrected chi connectivity index (χ3v) is 2.35. The molecule has 0 fully saturated rings. The minimum atomic E-state index is -0.0280. The molecule has 0 aromatic carbocycles. The van der Waals surface area contributed by atoms with Gasteiger partial charge in [0.1, 0.15) is 18.2 Å². The molecule has 100 valence electrons. The van der Waals surface area contributed by atoms with Gasteiger partial charge in [-0.15, -0.1) is 0 Å². The van der Waals surface area contributed by atoms with Crippen LogP contribution in [0.1, 0.15) is 30.8 Å². The van der Waals surface area contributed by atoms with Gasteiger partial charge < -0.3 is 15.2 Å². The van der Waals surface area contributed by atoms with E-state index in [9.17, 15) is 0 Å². The van der Waals surface area contributed by atoms with Crippen molar-refractivity contribution < 1.29 is 9.47 Å². The van der Waals surface area contributed by atoms with Crippen LogP contribution < -0.4 is 10.5 Å². The first-order chi connectivity index (χ1) is 8.41. The molecule has 18 heavy (non-hydrogen) atoms. The van der Waals surface area contributed by atoms with Crippen molar-refractivity contribution in [2.45, 2.75) is 33.8 Å². The number of nitrogen functional groups attached to an aromatic ring is 1. The van der Waals surface area contributed by atoms with E-state index < -0.39 is 0 Å². The van der Waals surface area contributed by atoms with Gasteiger partial charge in [0.25, 0.3) is 0 Å². The van der Waals surface area contributed by atoms with Gasteiger partial charge in [-0.3, -0.25) is 10.4 Å². The first kappa shape index (κ1) is 14.4. The molecule has 1 rings (SSSR count). The molecule has 3 N–H and O–H groups in total. The van der Waals surface area contributed by atoms with E-state index in [2.05, 4.69) is 4.98 Å². The van der Waals surface area contributed by atoms with Crippen molar-refractivity contribution in [3.8, 4) is 5.75 Å². The molecule has 0 aliphatic carbocycles. The number of pyridine rings is 1. The maximum absolute atomic E-state index is 7.56. The maximum Gasteiger partial charge on any atom is 0.133 e. The molecule has 0 radical (unpaired) electrons. The number of amidine groups is 1. The predicted octanol–water partition coefficient (Wildman–Crippen LogP) is 1.79. The Kier molecular flexibility index (Phi) is 5.09. The molecule has 5 heteroatoms. The highest BCUT2D eigenvalue weighted by Gasteiger charge is 2.12. The van der Waals surface area contributed by atoms with Crippen LogP contribution in [-0.2, 0) is 4.74 Å². The quantitative estimate of drug-likeness (QED) is 0.459. The molecule has 1 heterocycles. The van der Waals surface area contributed by atoms with Gasteiger partial charge >= 0.3 is 0 Å². The summed E-state index contributed by atoms with van der Waals surface area (Å²) in [6.45, 7) is 8.59. The molecule has 0 bridgehead atoms. The molecule has 0 unspecified atom stereocenters. The summed E-state index contributed by atoms with van der Waals surface area (Å²) in [6.07, 6.45) is 0.182. The zero-order chi connectivity index (χ0) is 13.7. The van der Waals surface area contributed by atoms with Crippen molar-refractivity contribution in [3.63, 3.8) is 0 Å². The van der Waals surface area contributed by atoms with Crippen LogP contribution in [-0.4, -0.2) is 30.1 Å². The number of hydrogen-bond donors (Lipinski definition) is 2. The number of nitrogens with zero attached hydrogens (tertiary/aromatic N) is 1. The van der Waals surface area contributed by atoms with Gasteiger partial charge in [0.15, 0.2) is 0 Å². The Morgan fingerprint density at radius 3 is 2.61 bits per heavy atom. The topological polar surface area (TPSA) is 81.2 Å². The lowest BCUT2D eigenvalue weighted by atomic mass is 10.1. The molecule has 1 aromatic heterocycles. The van der Waals surface area contributed by atoms with Crippen LogP contribution in [0.15, 0.2) is 6.07 Å². The zero-order valence-corrected chi connectivity index (χ0v) is 11.4. The van der Waals surface area contributed by atoms with Gasteiger partial charge in [-0.05, 0) is 27.7 Å². The van der Waals surface area contributed by atoms with Gasteiger partial charge in [-0.25, -0.2) is 0 Å². The first-order valence-corrected chi connectivity index (χ1v) is 5.99. The van der Waals surface area contributed by atoms with Crippen molar-refractivity contribution >= 4 is 5.84 Å². The van der Waals surface area contributed by atoms with Crippen LogP contribution in [0.25, 0.3) is 0 Å². The number of rotatable bonds is 6. The SMILES string of the molecule is Cc1cc(OCCOC(C)C)c(C(=N)N)c(C)n1. The number of nitrogens with two attached hydrogens (primary N) is 1. The van der Waals surface area contributed by atoms with Crippen molar-refractivity contribution in [2.24, 2.45) is 5.73 Å². The Balaban J connectivity index is 2.77. The van der Waals surface area contributed by atoms with Gasteiger partial charge in [-0.1, -0.05) is 0 Å². The van der Waals surface area contributed by atoms with Gasteiger partial charge in [0, 0.05) is 11.8 Å². The van der Waals surface area contributed by atoms with E-state index in [1.807, 2.05) is 27.7 Å². The molecule has 0 aliphatic rings. The van der Waals surface area contributed by atoms with E-state index >= 15 is 0 Å². The molecule has 0 saturated carbocycles. The van der Waals surface area contributed by atoms with E-state index in [0.29, 0.717) is 30.2 Å². The third-order valence-electron chi connectivity index (χ3n) is 2.35. The van der Waals surface area contributed by atoms with Crippen molar-refractivity contribution in [2.75, 3.05) is 13.2 Å². The highest BCUT2D eigenvalue weighted by molar-refractivity contribution is 5.98. The van der Waals surface area contributed by atoms with Gasteiger partial charge in [0.2, 0.25) is 0 Å². The fraction of sp³-hybridized carbons (Fsp3) is 0.538. The van der Waals surface area contributed by atoms with Gasteiger partial charge in [-0.2, -0.15) is 0 Å². The van der Waals surface area contributed by atoms with E-state index in [-0.39, 0.29) is 11.9 Å². The van der Waals surface area contributed by atoms with E-state index in [1.54, 1.807) is 6.07 Å². The van der Waals surface area contributed by atoms with E-state index in [0.717, 1.165) is 5.69 Å². The monoisotopic (exact) mass is 251 g/mol. The fourth-order valence-corrected chi connectivity index (χ4v) is 1.67. The number of ether oxygens (including phenoxy) is 2. The highest BCUT2D eigenvalue weighted by Crippen LogP contribution is 2.21. The minimum Gasteiger partial charge on any atom is -0.490 e. The largest absolute Gasteiger partial charge is 0.490 e. The van der Waals surface area contributed by atoms with Crippen molar-refractivity contribution in [3.05, 3.63) is 23.0 Å². The first-order valence-electron chi connectivity index (χ1n) is 5.99. The minimum absolute atomic E-state index is 0.0280. The van der Waals surface area contributed by atoms with Crippen LogP contribution in [0.4, 0.5) is 0 Å². The molecule has 0 saturated heterocycles. The van der Waals surface area contributed by atoms with Crippen molar-refractivity contribution in [1.82, 2.24) is 4.98 Å². The molecular formula is C13H21N3O2. The molecule has 0 aliphatic heterocycles. The Morgan fingerprint density at radius 2 is 2.06 bits per heavy atom. The lowest BCUT2D eigenvalue weighted by Crippen LogP contribution is -2.18. The second-order valence-electron chi connectivity index (χ2n) is 4.40. The lowest BCUT2D eigenvalue weighted by Gasteiger charge is -2.14. The molecule has 0 spiro atoms. The summed E-state index contributed by atoms with van der Waals surface area (Å²) in [5, 5.41) is 7.56. The van der Waals surface area contributed by atoms with Crippen LogP contribution in [0.5, 0.6) is 5.75 Å². The zero-order valence-electron chi connectivity index (χ0n) is 11.4. The summed E-state index contributed by atoms with van der Waals surface area (Å²) in [5.74, 6) is 0.569. The van der Waals surface area contributed by atoms with Crippen LogP contribution >= 0.6 is 0 Å². The van der Waals surface area contributed by atoms with Gasteiger partial charge in [0.05, 0.1) is 24.0 Å². The normalized spacial score (nSPS) is 10.7. The van der Waals surface area contributed by atoms with E-state index in [1.165, 1.54) is 0 Å². The molecule has 5 nitrogen and oxygen atoms in total. The average molecular weight is 251 g/mol. The molecular weight excluding hydrogens is 230 g/mol. The summed E-state index contributed by atoms with van der Waals surface area (Å²) in [4.78, 5) is 4.28. The Hall–Kier alpha value is -1.62. The van der Waals surface area contributed by atoms with E-state index in [4.69, 9.17) is 20.6 Å². The summed E-state index contributed by atoms with van der Waals surface area (Å²) in [6, 6.07) is 1.79. The van der Waals surface area contributed by atoms with Crippen LogP contribution in [0.2, 0.25) is 0 Å². The average Bonchev–Trinajstić information content (AvgIpc) is 2.22. The maximum atomic E-state index is 7.56. The molecule has 0 amide bonds. The predicted molar refractivity (Wildman–Crippen MR) is 71.3 cm³/mol. The summed E-state index contributed by atoms with van der Waals surface area (Å²) < 4.78 is 11.0. The Morgan fingerprint density at radius 1 is 1.39 bits per heavy atom. The van der Waals surface area contributed by atoms with Crippen LogP contribution in [0.3, 0.4) is 0 Å². The second kappa shape index (κ2) is 6.35. The second-order valence-corrected chi connectivity index (χ2v) is 4.40. The summed E-state index contributed by atoms with van der Waals surface area (Å²) in [5.41, 5.74) is 7.67. The Bertz CT molecular complexity index is 430. The fourth-order valence-electron chi connectivity index (χ4n) is 1.67. The van der Waals surface area contributed by atoms with Crippen LogP contribution in [0, 0.1) is 19.3 Å². The van der Waals surface area contributed by atoms with Crippen molar-refractivity contribution in [1.29, 1.82) is 5.41 Å². The number of aryl methyl sites for hydroxylation is 2. The number of aromatic nitrogens is 1. The number of nitrogens with one attached hydrogen (secondary N) is 1. The smallest absolute Gasteiger partial charge is 0.133 e. The summed E-state index contributed by atoms with van der Waals surface area (Å²) >= 11 is 0. The lowest BCUT2D eigenvalue weighted by molar-refractivity contribution is 0.0552. The molecule has 0 atom stereocenters. The Labute approximate surface area is 108 Å².